The van der Waals surface area contributed by atoms with Gasteiger partial charge < -0.3 is 10.1 Å². The van der Waals surface area contributed by atoms with Gasteiger partial charge in [0, 0.05) is 15.4 Å². The second-order valence-electron chi connectivity index (χ2n) is 5.39. The van der Waals surface area contributed by atoms with Crippen LogP contribution in [0.5, 0.6) is 5.75 Å². The van der Waals surface area contributed by atoms with E-state index in [1.807, 2.05) is 36.4 Å². The number of aromatic nitrogens is 2. The molecule has 2 heterocycles. The molecule has 0 saturated heterocycles. The number of anilines is 2. The van der Waals surface area contributed by atoms with Crippen molar-refractivity contribution in [1.29, 1.82) is 0 Å². The van der Waals surface area contributed by atoms with Gasteiger partial charge in [0.05, 0.1) is 18.2 Å². The first kappa shape index (κ1) is 16.1. The Balaban J connectivity index is 1.82. The number of hydrogen-bond donors (Lipinski definition) is 1. The Morgan fingerprint density at radius 1 is 1.04 bits per heavy atom. The summed E-state index contributed by atoms with van der Waals surface area (Å²) < 4.78 is 6.24. The SMILES string of the molecule is COc1ccc(-c2csc3ncnc(Nc4ccccc4Br)c23)cc1. The number of halogens is 1. The highest BCUT2D eigenvalue weighted by Gasteiger charge is 2.14. The lowest BCUT2D eigenvalue weighted by molar-refractivity contribution is 0.415. The van der Waals surface area contributed by atoms with E-state index in [0.29, 0.717) is 0 Å². The maximum atomic E-state index is 5.25. The molecule has 0 unspecified atom stereocenters. The third kappa shape index (κ3) is 3.10. The molecule has 0 spiro atoms. The quantitative estimate of drug-likeness (QED) is 0.455. The van der Waals surface area contributed by atoms with E-state index in [4.69, 9.17) is 4.74 Å². The Morgan fingerprint density at radius 3 is 2.60 bits per heavy atom. The highest BCUT2D eigenvalue weighted by atomic mass is 79.9. The fourth-order valence-electron chi connectivity index (χ4n) is 2.64. The average Bonchev–Trinajstić information content (AvgIpc) is 3.09. The Kier molecular flexibility index (Phi) is 4.38. The van der Waals surface area contributed by atoms with Gasteiger partial charge in [0.2, 0.25) is 0 Å². The maximum absolute atomic E-state index is 5.25. The molecule has 0 aliphatic heterocycles. The second-order valence-corrected chi connectivity index (χ2v) is 7.10. The van der Waals surface area contributed by atoms with Gasteiger partial charge in [-0.3, -0.25) is 0 Å². The van der Waals surface area contributed by atoms with Crippen LogP contribution in [-0.4, -0.2) is 17.1 Å². The van der Waals surface area contributed by atoms with Crippen LogP contribution in [0.15, 0.2) is 64.7 Å². The number of thiophene rings is 1. The third-order valence-electron chi connectivity index (χ3n) is 3.90. The van der Waals surface area contributed by atoms with Crippen LogP contribution < -0.4 is 10.1 Å². The van der Waals surface area contributed by atoms with Crippen molar-refractivity contribution in [2.24, 2.45) is 0 Å². The number of nitrogens with one attached hydrogen (secondary N) is 1. The molecule has 4 rings (SSSR count). The summed E-state index contributed by atoms with van der Waals surface area (Å²) in [6.07, 6.45) is 1.59. The highest BCUT2D eigenvalue weighted by molar-refractivity contribution is 9.10. The normalized spacial score (nSPS) is 10.8. The highest BCUT2D eigenvalue weighted by Crippen LogP contribution is 2.38. The van der Waals surface area contributed by atoms with Crippen LogP contribution in [0.4, 0.5) is 11.5 Å². The molecule has 0 bridgehead atoms. The van der Waals surface area contributed by atoms with Crippen LogP contribution in [0.1, 0.15) is 0 Å². The van der Waals surface area contributed by atoms with Crippen molar-refractivity contribution in [3.05, 3.63) is 64.7 Å². The minimum Gasteiger partial charge on any atom is -0.497 e. The lowest BCUT2D eigenvalue weighted by atomic mass is 10.1. The minimum atomic E-state index is 0.795. The zero-order chi connectivity index (χ0) is 17.2. The smallest absolute Gasteiger partial charge is 0.143 e. The zero-order valence-electron chi connectivity index (χ0n) is 13.4. The number of hydrogen-bond acceptors (Lipinski definition) is 5. The topological polar surface area (TPSA) is 47.0 Å². The van der Waals surface area contributed by atoms with Crippen LogP contribution in [0.25, 0.3) is 21.3 Å². The van der Waals surface area contributed by atoms with Crippen molar-refractivity contribution >= 4 is 49.0 Å². The first-order chi connectivity index (χ1) is 12.3. The number of para-hydroxylation sites is 1. The summed E-state index contributed by atoms with van der Waals surface area (Å²) in [5.41, 5.74) is 3.18. The van der Waals surface area contributed by atoms with Gasteiger partial charge in [0.1, 0.15) is 22.7 Å². The number of fused-ring (bicyclic) bond motifs is 1. The summed E-state index contributed by atoms with van der Waals surface area (Å²) in [6, 6.07) is 16.0. The van der Waals surface area contributed by atoms with Gasteiger partial charge >= 0.3 is 0 Å². The molecule has 0 saturated carbocycles. The van der Waals surface area contributed by atoms with Crippen molar-refractivity contribution in [2.45, 2.75) is 0 Å². The molecule has 0 radical (unpaired) electrons. The van der Waals surface area contributed by atoms with Gasteiger partial charge in [-0.05, 0) is 45.8 Å². The van der Waals surface area contributed by atoms with Crippen molar-refractivity contribution in [1.82, 2.24) is 9.97 Å². The molecule has 6 heteroatoms. The predicted octanol–water partition coefficient (Wildman–Crippen LogP) is 5.87. The molecule has 25 heavy (non-hydrogen) atoms. The van der Waals surface area contributed by atoms with Gasteiger partial charge in [-0.25, -0.2) is 9.97 Å². The first-order valence-electron chi connectivity index (χ1n) is 7.64. The average molecular weight is 412 g/mol. The maximum Gasteiger partial charge on any atom is 0.143 e. The number of benzene rings is 2. The Bertz CT molecular complexity index is 1030. The molecule has 0 aliphatic rings. The molecule has 0 amide bonds. The number of nitrogens with zero attached hydrogens (tertiary/aromatic N) is 2. The summed E-state index contributed by atoms with van der Waals surface area (Å²) in [5.74, 6) is 1.63. The standard InChI is InChI=1S/C19H14BrN3OS/c1-24-13-8-6-12(7-9-13)14-10-25-19-17(14)18(21-11-22-19)23-16-5-3-2-4-15(16)20/h2-11H,1H3,(H,21,22,23). The summed E-state index contributed by atoms with van der Waals surface area (Å²) in [4.78, 5) is 9.85. The molecule has 0 fully saturated rings. The number of methoxy groups -OCH3 is 1. The molecule has 2 aromatic heterocycles. The summed E-state index contributed by atoms with van der Waals surface area (Å²) in [6.45, 7) is 0. The van der Waals surface area contributed by atoms with E-state index in [2.05, 4.69) is 48.7 Å². The lowest BCUT2D eigenvalue weighted by Crippen LogP contribution is -1.96. The number of ether oxygens (including phenoxy) is 1. The molecule has 0 atom stereocenters. The Morgan fingerprint density at radius 2 is 1.84 bits per heavy atom. The fraction of sp³-hybridized carbons (Fsp3) is 0.0526. The van der Waals surface area contributed by atoms with Crippen LogP contribution in [-0.2, 0) is 0 Å². The summed E-state index contributed by atoms with van der Waals surface area (Å²) in [7, 11) is 1.67. The van der Waals surface area contributed by atoms with Gasteiger partial charge in [0.25, 0.3) is 0 Å². The molecule has 2 aromatic carbocycles. The van der Waals surface area contributed by atoms with Crippen molar-refractivity contribution in [3.8, 4) is 16.9 Å². The van der Waals surface area contributed by atoms with Crippen molar-refractivity contribution < 1.29 is 4.74 Å². The van der Waals surface area contributed by atoms with Crippen LogP contribution >= 0.6 is 27.3 Å². The predicted molar refractivity (Wildman–Crippen MR) is 107 cm³/mol. The van der Waals surface area contributed by atoms with Gasteiger partial charge in [-0.1, -0.05) is 24.3 Å². The van der Waals surface area contributed by atoms with Gasteiger partial charge in [-0.2, -0.15) is 0 Å². The van der Waals surface area contributed by atoms with Crippen LogP contribution in [0, 0.1) is 0 Å². The monoisotopic (exact) mass is 411 g/mol. The molecule has 4 aromatic rings. The largest absolute Gasteiger partial charge is 0.497 e. The van der Waals surface area contributed by atoms with E-state index < -0.39 is 0 Å². The molecular formula is C19H14BrN3OS. The van der Waals surface area contributed by atoms with E-state index in [9.17, 15) is 0 Å². The van der Waals surface area contributed by atoms with Gasteiger partial charge in [0.15, 0.2) is 0 Å². The van der Waals surface area contributed by atoms with E-state index in [1.54, 1.807) is 24.8 Å². The Labute approximate surface area is 157 Å². The van der Waals surface area contributed by atoms with E-state index in [-0.39, 0.29) is 0 Å². The third-order valence-corrected chi connectivity index (χ3v) is 5.48. The zero-order valence-corrected chi connectivity index (χ0v) is 15.8. The molecule has 4 nitrogen and oxygen atoms in total. The molecule has 1 N–H and O–H groups in total. The Hall–Kier alpha value is -2.44. The number of rotatable bonds is 4. The van der Waals surface area contributed by atoms with Crippen LogP contribution in [0.3, 0.4) is 0 Å². The van der Waals surface area contributed by atoms with E-state index in [1.165, 1.54) is 0 Å². The van der Waals surface area contributed by atoms with E-state index in [0.717, 1.165) is 43.1 Å². The molecule has 124 valence electrons. The lowest BCUT2D eigenvalue weighted by Gasteiger charge is -2.10. The van der Waals surface area contributed by atoms with Gasteiger partial charge in [-0.15, -0.1) is 11.3 Å². The summed E-state index contributed by atoms with van der Waals surface area (Å²) >= 11 is 5.18. The van der Waals surface area contributed by atoms with Crippen LogP contribution in [0.2, 0.25) is 0 Å². The fourth-order valence-corrected chi connectivity index (χ4v) is 3.94. The summed E-state index contributed by atoms with van der Waals surface area (Å²) in [5, 5.41) is 6.56. The second kappa shape index (κ2) is 6.82. The first-order valence-corrected chi connectivity index (χ1v) is 9.31. The van der Waals surface area contributed by atoms with Crippen molar-refractivity contribution in [2.75, 3.05) is 12.4 Å². The minimum absolute atomic E-state index is 0.795. The molecular weight excluding hydrogens is 398 g/mol. The molecule has 0 aliphatic carbocycles. The van der Waals surface area contributed by atoms with E-state index >= 15 is 0 Å². The van der Waals surface area contributed by atoms with Crippen molar-refractivity contribution in [3.63, 3.8) is 0 Å².